The van der Waals surface area contributed by atoms with Crippen LogP contribution < -0.4 is 10.6 Å². The highest BCUT2D eigenvalue weighted by Gasteiger charge is 2.33. The van der Waals surface area contributed by atoms with Gasteiger partial charge in [0.15, 0.2) is 5.78 Å². The summed E-state index contributed by atoms with van der Waals surface area (Å²) in [6.07, 6.45) is 4.57. The lowest BCUT2D eigenvalue weighted by atomic mass is 9.95. The number of fused-ring (bicyclic) bond motifs is 1. The number of nitrogens with zero attached hydrogens (tertiary/aromatic N) is 1. The lowest BCUT2D eigenvalue weighted by Crippen LogP contribution is -2.39. The molecule has 0 saturated carbocycles. The third-order valence-corrected chi connectivity index (χ3v) is 9.59. The highest BCUT2D eigenvalue weighted by atomic mass is 32.1. The summed E-state index contributed by atoms with van der Waals surface area (Å²) < 4.78 is 0. The van der Waals surface area contributed by atoms with Crippen molar-refractivity contribution >= 4 is 27.8 Å². The molecule has 5 heteroatoms. The second kappa shape index (κ2) is 16.2. The van der Waals surface area contributed by atoms with Crippen molar-refractivity contribution < 1.29 is 4.79 Å². The predicted octanol–water partition coefficient (Wildman–Crippen LogP) is 9.25. The van der Waals surface area contributed by atoms with Gasteiger partial charge in [0.2, 0.25) is 0 Å². The molecule has 0 radical (unpaired) electrons. The first-order chi connectivity index (χ1) is 21.7. The van der Waals surface area contributed by atoms with Crippen molar-refractivity contribution in [3.8, 4) is 0 Å². The quantitative estimate of drug-likeness (QED) is 0.123. The van der Waals surface area contributed by atoms with Crippen molar-refractivity contribution in [1.29, 1.82) is 0 Å². The predicted molar refractivity (Wildman–Crippen MR) is 194 cm³/mol. The molecule has 0 aliphatic carbocycles. The number of allylic oxidation sites excluding steroid dienone is 2. The summed E-state index contributed by atoms with van der Waals surface area (Å²) in [7, 11) is 1.91. The fourth-order valence-electron chi connectivity index (χ4n) is 5.63. The normalized spacial score (nSPS) is 14.0. The first-order valence-electron chi connectivity index (χ1n) is 15.7. The van der Waals surface area contributed by atoms with E-state index >= 15 is 0 Å². The minimum Gasteiger partial charge on any atom is -0.383 e. The zero-order chi connectivity index (χ0) is 32.3. The van der Waals surface area contributed by atoms with E-state index in [4.69, 9.17) is 0 Å². The number of hydrogen-bond acceptors (Lipinski definition) is 5. The van der Waals surface area contributed by atoms with Gasteiger partial charge in [-0.1, -0.05) is 117 Å². The summed E-state index contributed by atoms with van der Waals surface area (Å²) >= 11 is 1.73. The number of rotatable bonds is 12. The first kappa shape index (κ1) is 33.7. The number of nitrogens with one attached hydrogen (secondary N) is 2. The van der Waals surface area contributed by atoms with E-state index in [2.05, 4.69) is 121 Å². The van der Waals surface area contributed by atoms with Crippen molar-refractivity contribution in [1.82, 2.24) is 10.2 Å². The lowest BCUT2D eigenvalue weighted by Gasteiger charge is -2.36. The molecule has 2 N–H and O–H groups in total. The average molecular weight is 618 g/mol. The number of ketones is 1. The van der Waals surface area contributed by atoms with Gasteiger partial charge in [-0.3, -0.25) is 9.69 Å². The molecular weight excluding hydrogens is 571 g/mol. The third-order valence-electron chi connectivity index (χ3n) is 8.24. The van der Waals surface area contributed by atoms with Crippen LogP contribution in [0.2, 0.25) is 0 Å². The smallest absolute Gasteiger partial charge is 0.163 e. The highest BCUT2D eigenvalue weighted by molar-refractivity contribution is 7.16. The van der Waals surface area contributed by atoms with E-state index in [-0.39, 0.29) is 11.8 Å². The first-order valence-corrected chi connectivity index (χ1v) is 16.6. The number of thiophene rings is 1. The SMILES string of the molecule is C=C(NCC1c2sc(NC)c(C(C)=O)c2CCN1Cc1ccc(CC)cc1)c1ccc(Cc2ccccc2)cc1.C=CC(=C)C. The van der Waals surface area contributed by atoms with E-state index < -0.39 is 0 Å². The number of anilines is 1. The van der Waals surface area contributed by atoms with E-state index in [9.17, 15) is 4.79 Å². The zero-order valence-corrected chi connectivity index (χ0v) is 28.1. The lowest BCUT2D eigenvalue weighted by molar-refractivity contribution is 0.101. The maximum atomic E-state index is 12.6. The highest BCUT2D eigenvalue weighted by Crippen LogP contribution is 2.43. The number of carbonyl (C=O) groups excluding carboxylic acids is 1. The molecule has 4 aromatic rings. The zero-order valence-electron chi connectivity index (χ0n) is 27.3. The molecular formula is C40H47N3OS. The Labute approximate surface area is 274 Å². The van der Waals surface area contributed by atoms with Crippen molar-refractivity contribution in [3.63, 3.8) is 0 Å². The summed E-state index contributed by atoms with van der Waals surface area (Å²) in [6.45, 7) is 19.7. The Morgan fingerprint density at radius 2 is 1.53 bits per heavy atom. The van der Waals surface area contributed by atoms with Gasteiger partial charge in [0.05, 0.1) is 16.6 Å². The topological polar surface area (TPSA) is 44.4 Å². The Morgan fingerprint density at radius 3 is 2.11 bits per heavy atom. The van der Waals surface area contributed by atoms with Crippen LogP contribution in [0.15, 0.2) is 110 Å². The molecule has 1 unspecified atom stereocenters. The molecule has 234 valence electrons. The second-order valence-corrected chi connectivity index (χ2v) is 12.7. The summed E-state index contributed by atoms with van der Waals surface area (Å²) in [5.41, 5.74) is 10.4. The van der Waals surface area contributed by atoms with Gasteiger partial charge in [-0.25, -0.2) is 0 Å². The molecule has 0 bridgehead atoms. The maximum Gasteiger partial charge on any atom is 0.163 e. The monoisotopic (exact) mass is 617 g/mol. The van der Waals surface area contributed by atoms with Crippen molar-refractivity contribution in [2.24, 2.45) is 0 Å². The largest absolute Gasteiger partial charge is 0.383 e. The molecule has 5 rings (SSSR count). The minimum atomic E-state index is 0.136. The van der Waals surface area contributed by atoms with Gasteiger partial charge in [-0.05, 0) is 66.5 Å². The number of hydrogen-bond donors (Lipinski definition) is 2. The third kappa shape index (κ3) is 8.93. The van der Waals surface area contributed by atoms with Crippen LogP contribution in [0, 0.1) is 0 Å². The molecule has 0 fully saturated rings. The van der Waals surface area contributed by atoms with E-state index in [0.717, 1.165) is 66.3 Å². The summed E-state index contributed by atoms with van der Waals surface area (Å²) in [6, 6.07) is 28.4. The summed E-state index contributed by atoms with van der Waals surface area (Å²) in [4.78, 5) is 16.4. The van der Waals surface area contributed by atoms with Gasteiger partial charge in [0, 0.05) is 37.3 Å². The van der Waals surface area contributed by atoms with Gasteiger partial charge in [0.1, 0.15) is 0 Å². The Balaban J connectivity index is 0.000000854. The van der Waals surface area contributed by atoms with Crippen LogP contribution in [0.5, 0.6) is 0 Å². The average Bonchev–Trinajstić information content (AvgIpc) is 3.45. The van der Waals surface area contributed by atoms with Gasteiger partial charge in [0.25, 0.3) is 0 Å². The van der Waals surface area contributed by atoms with Crippen LogP contribution in [0.25, 0.3) is 5.70 Å². The van der Waals surface area contributed by atoms with Crippen LogP contribution >= 0.6 is 11.3 Å². The van der Waals surface area contributed by atoms with Crippen LogP contribution in [0.1, 0.15) is 75.4 Å². The molecule has 3 aromatic carbocycles. The molecule has 45 heavy (non-hydrogen) atoms. The summed E-state index contributed by atoms with van der Waals surface area (Å²) in [5.74, 6) is 0.136. The second-order valence-electron chi connectivity index (χ2n) is 11.6. The van der Waals surface area contributed by atoms with Crippen molar-refractivity contribution in [3.05, 3.63) is 154 Å². The van der Waals surface area contributed by atoms with Crippen molar-refractivity contribution in [2.45, 2.75) is 52.6 Å². The number of aryl methyl sites for hydroxylation is 1. The molecule has 1 aliphatic heterocycles. The fourth-order valence-corrected chi connectivity index (χ4v) is 7.02. The maximum absolute atomic E-state index is 12.6. The summed E-state index contributed by atoms with van der Waals surface area (Å²) in [5, 5.41) is 7.92. The molecule has 0 spiro atoms. The molecule has 0 amide bonds. The van der Waals surface area contributed by atoms with Gasteiger partial charge in [-0.15, -0.1) is 11.3 Å². The van der Waals surface area contributed by atoms with E-state index in [1.807, 2.05) is 14.0 Å². The number of carbonyl (C=O) groups is 1. The Kier molecular flexibility index (Phi) is 12.1. The van der Waals surface area contributed by atoms with Gasteiger partial charge in [-0.2, -0.15) is 0 Å². The standard InChI is InChI=1S/C35H39N3OS.C5H8/c1-5-26-11-13-29(14-12-26)23-38-20-19-31-33(25(3)39)35(36-4)40-34(31)32(38)22-37-24(2)30-17-15-28(16-18-30)21-27-9-7-6-8-10-27;1-4-5(2)3/h6-18,32,36-37H,2,5,19-23H2,1,3-4H3;4H,1-2H2,3H3. The Hall–Kier alpha value is -4.19. The van der Waals surface area contributed by atoms with E-state index in [0.29, 0.717) is 0 Å². The van der Waals surface area contributed by atoms with E-state index in [1.165, 1.54) is 32.7 Å². The Bertz CT molecular complexity index is 1600. The number of Topliss-reactive ketones (excluding diaryl/α,β-unsaturated/α-hetero) is 1. The van der Waals surface area contributed by atoms with Crippen LogP contribution in [0.4, 0.5) is 5.00 Å². The van der Waals surface area contributed by atoms with Gasteiger partial charge >= 0.3 is 0 Å². The van der Waals surface area contributed by atoms with Gasteiger partial charge < -0.3 is 10.6 Å². The van der Waals surface area contributed by atoms with E-state index in [1.54, 1.807) is 24.3 Å². The molecule has 0 saturated heterocycles. The van der Waals surface area contributed by atoms with Crippen LogP contribution in [0.3, 0.4) is 0 Å². The Morgan fingerprint density at radius 1 is 0.933 bits per heavy atom. The fraction of sp³-hybridized carbons (Fsp3) is 0.275. The van der Waals surface area contributed by atoms with Crippen LogP contribution in [-0.2, 0) is 25.8 Å². The minimum absolute atomic E-state index is 0.136. The molecule has 4 nitrogen and oxygen atoms in total. The molecule has 1 aliphatic rings. The number of benzene rings is 3. The molecule has 1 aromatic heterocycles. The molecule has 2 heterocycles. The van der Waals surface area contributed by atoms with Crippen molar-refractivity contribution in [2.75, 3.05) is 25.5 Å². The van der Waals surface area contributed by atoms with Crippen LogP contribution in [-0.4, -0.2) is 30.8 Å². The molecule has 1 atom stereocenters.